The first-order valence-electron chi connectivity index (χ1n) is 14.1. The smallest absolute Gasteiger partial charge is 0.333 e. The minimum absolute atomic E-state index is 0.0985. The number of hydrogen-bond acceptors (Lipinski definition) is 5. The highest BCUT2D eigenvalue weighted by atomic mass is 19.1. The summed E-state index contributed by atoms with van der Waals surface area (Å²) in [6, 6.07) is 17.8. The van der Waals surface area contributed by atoms with Crippen LogP contribution >= 0.6 is 0 Å². The van der Waals surface area contributed by atoms with Gasteiger partial charge in [-0.1, -0.05) is 54.6 Å². The zero-order chi connectivity index (χ0) is 31.2. The van der Waals surface area contributed by atoms with Crippen LogP contribution in [0.15, 0.2) is 85.5 Å². The van der Waals surface area contributed by atoms with Gasteiger partial charge in [0.1, 0.15) is 23.8 Å². The Kier molecular flexibility index (Phi) is 9.29. The molecule has 0 aliphatic carbocycles. The highest BCUT2D eigenvalue weighted by Gasteiger charge is 2.51. The Morgan fingerprint density at radius 2 is 1.75 bits per heavy atom. The highest BCUT2D eigenvalue weighted by Crippen LogP contribution is 2.30. The second kappa shape index (κ2) is 13.5. The minimum atomic E-state index is -1.02. The van der Waals surface area contributed by atoms with Gasteiger partial charge in [0.2, 0.25) is 18.2 Å². The zero-order valence-corrected chi connectivity index (χ0v) is 23.9. The molecule has 2 N–H and O–H groups in total. The molecule has 2 aliphatic rings. The molecule has 0 radical (unpaired) electrons. The lowest BCUT2D eigenvalue weighted by Gasteiger charge is -2.55. The van der Waals surface area contributed by atoms with E-state index in [0.29, 0.717) is 17.7 Å². The summed E-state index contributed by atoms with van der Waals surface area (Å²) in [6.07, 6.45) is 1.31. The number of amides is 5. The molecule has 0 spiro atoms. The first-order valence-corrected chi connectivity index (χ1v) is 14.1. The van der Waals surface area contributed by atoms with Gasteiger partial charge in [-0.2, -0.15) is 0 Å². The molecule has 12 heteroatoms. The molecular weight excluding hydrogens is 570 g/mol. The third kappa shape index (κ3) is 6.60. The Morgan fingerprint density at radius 1 is 1.00 bits per heavy atom. The van der Waals surface area contributed by atoms with E-state index in [1.807, 2.05) is 30.3 Å². The molecule has 2 aliphatic heterocycles. The number of nitrogens with one attached hydrogen (secondary N) is 2. The zero-order valence-electron chi connectivity index (χ0n) is 23.9. The van der Waals surface area contributed by atoms with E-state index in [4.69, 9.17) is 0 Å². The van der Waals surface area contributed by atoms with Gasteiger partial charge in [-0.25, -0.2) is 23.6 Å². The van der Waals surface area contributed by atoms with Crippen molar-refractivity contribution in [3.05, 3.63) is 114 Å². The van der Waals surface area contributed by atoms with E-state index in [1.54, 1.807) is 35.4 Å². The van der Waals surface area contributed by atoms with E-state index in [1.165, 1.54) is 20.9 Å². The lowest BCUT2D eigenvalue weighted by Crippen LogP contribution is -2.76. The molecular formula is C32H32F2N6O4. The van der Waals surface area contributed by atoms with Gasteiger partial charge >= 0.3 is 6.03 Å². The Bertz CT molecular complexity index is 1540. The van der Waals surface area contributed by atoms with Crippen LogP contribution in [0.1, 0.15) is 16.7 Å². The summed E-state index contributed by atoms with van der Waals surface area (Å²) in [6.45, 7) is 3.73. The molecule has 5 rings (SSSR count). The van der Waals surface area contributed by atoms with Crippen LogP contribution in [0.2, 0.25) is 0 Å². The van der Waals surface area contributed by atoms with Crippen molar-refractivity contribution in [1.29, 1.82) is 0 Å². The average molecular weight is 603 g/mol. The number of halogens is 2. The van der Waals surface area contributed by atoms with Crippen molar-refractivity contribution in [1.82, 2.24) is 25.1 Å². The summed E-state index contributed by atoms with van der Waals surface area (Å²) in [5.74, 6) is -2.34. The molecule has 228 valence electrons. The van der Waals surface area contributed by atoms with Crippen LogP contribution in [-0.2, 0) is 33.9 Å². The third-order valence-corrected chi connectivity index (χ3v) is 7.65. The first kappa shape index (κ1) is 30.4. The van der Waals surface area contributed by atoms with Crippen molar-refractivity contribution in [2.24, 2.45) is 0 Å². The number of hydrogen-bond donors (Lipinski definition) is 2. The quantitative estimate of drug-likeness (QED) is 0.274. The molecule has 3 aromatic carbocycles. The fourth-order valence-electron chi connectivity index (χ4n) is 5.58. The number of rotatable bonds is 10. The van der Waals surface area contributed by atoms with Crippen LogP contribution in [-0.4, -0.2) is 75.9 Å². The predicted octanol–water partition coefficient (Wildman–Crippen LogP) is 3.27. The third-order valence-electron chi connectivity index (χ3n) is 7.65. The Balaban J connectivity index is 1.50. The fourth-order valence-corrected chi connectivity index (χ4v) is 5.58. The van der Waals surface area contributed by atoms with Crippen LogP contribution in [0.25, 0.3) is 0 Å². The van der Waals surface area contributed by atoms with Gasteiger partial charge in [0.25, 0.3) is 0 Å². The maximum atomic E-state index is 14.7. The maximum absolute atomic E-state index is 14.7. The summed E-state index contributed by atoms with van der Waals surface area (Å²) < 4.78 is 28.4. The minimum Gasteiger partial charge on any atom is -0.333 e. The van der Waals surface area contributed by atoms with Gasteiger partial charge < -0.3 is 20.4 Å². The van der Waals surface area contributed by atoms with Crippen LogP contribution in [0.4, 0.5) is 19.3 Å². The number of piperazine rings is 1. The van der Waals surface area contributed by atoms with E-state index >= 15 is 0 Å². The predicted molar refractivity (Wildman–Crippen MR) is 158 cm³/mol. The lowest BCUT2D eigenvalue weighted by molar-refractivity contribution is -0.189. The number of carbonyl (C=O) groups is 4. The number of fused-ring (bicyclic) bond motifs is 1. The molecule has 0 aromatic heterocycles. The molecule has 44 heavy (non-hydrogen) atoms. The van der Waals surface area contributed by atoms with Gasteiger partial charge in [0.15, 0.2) is 0 Å². The summed E-state index contributed by atoms with van der Waals surface area (Å²) in [4.78, 5) is 55.1. The van der Waals surface area contributed by atoms with Crippen molar-refractivity contribution < 1.29 is 28.0 Å². The van der Waals surface area contributed by atoms with Crippen molar-refractivity contribution in [3.8, 4) is 0 Å². The fraction of sp³-hybridized carbons (Fsp3) is 0.250. The molecule has 0 saturated carbocycles. The van der Waals surface area contributed by atoms with Crippen molar-refractivity contribution >= 4 is 29.9 Å². The topological polar surface area (TPSA) is 105 Å². The van der Waals surface area contributed by atoms with Crippen LogP contribution < -0.4 is 10.6 Å². The molecule has 5 amide bonds. The normalized spacial score (nSPS) is 18.5. The highest BCUT2D eigenvalue weighted by molar-refractivity contribution is 5.91. The summed E-state index contributed by atoms with van der Waals surface area (Å²) in [7, 11) is 0. The molecule has 2 heterocycles. The second-order valence-electron chi connectivity index (χ2n) is 10.5. The van der Waals surface area contributed by atoms with Crippen LogP contribution in [0.5, 0.6) is 0 Å². The SMILES string of the molecule is C=CCN1CC(=O)N2[C@@H](Cc3ccc(NC=O)cc3)C(=O)N(Cc3ccc(F)cc3F)C[C@@H]2N1C(=O)NCc1ccccc1. The van der Waals surface area contributed by atoms with E-state index in [9.17, 15) is 28.0 Å². The Hall–Kier alpha value is -5.10. The number of carbonyl (C=O) groups excluding carboxylic acids is 4. The summed E-state index contributed by atoms with van der Waals surface area (Å²) in [5, 5.41) is 8.46. The summed E-state index contributed by atoms with van der Waals surface area (Å²) >= 11 is 0. The van der Waals surface area contributed by atoms with E-state index in [0.717, 1.165) is 17.7 Å². The van der Waals surface area contributed by atoms with Crippen LogP contribution in [0.3, 0.4) is 0 Å². The molecule has 3 aromatic rings. The monoisotopic (exact) mass is 602 g/mol. The Morgan fingerprint density at radius 3 is 2.43 bits per heavy atom. The first-order chi connectivity index (χ1) is 21.3. The van der Waals surface area contributed by atoms with Gasteiger partial charge in [-0.05, 0) is 29.3 Å². The van der Waals surface area contributed by atoms with Crippen molar-refractivity contribution in [3.63, 3.8) is 0 Å². The maximum Gasteiger partial charge on any atom is 0.334 e. The molecule has 10 nitrogen and oxygen atoms in total. The van der Waals surface area contributed by atoms with E-state index < -0.39 is 35.8 Å². The van der Waals surface area contributed by atoms with Gasteiger partial charge in [0, 0.05) is 43.4 Å². The van der Waals surface area contributed by atoms with Crippen molar-refractivity contribution in [2.75, 3.05) is 25.0 Å². The van der Waals surface area contributed by atoms with Gasteiger partial charge in [-0.15, -0.1) is 6.58 Å². The Labute approximate surface area is 253 Å². The molecule has 0 unspecified atom stereocenters. The number of hydrazine groups is 1. The largest absolute Gasteiger partial charge is 0.334 e. The molecule has 2 fully saturated rings. The lowest BCUT2D eigenvalue weighted by atomic mass is 9.98. The average Bonchev–Trinajstić information content (AvgIpc) is 3.01. The van der Waals surface area contributed by atoms with Crippen molar-refractivity contribution in [2.45, 2.75) is 31.7 Å². The molecule has 0 bridgehead atoms. The van der Waals surface area contributed by atoms with E-state index in [2.05, 4.69) is 17.2 Å². The van der Waals surface area contributed by atoms with Gasteiger partial charge in [0.05, 0.1) is 13.1 Å². The standard InChI is InChI=1S/C32H32F2N6O4/c1-2-14-38-20-30(42)39-28(15-22-8-12-26(13-9-22)36-21-41)31(43)37(18-24-10-11-25(33)16-27(24)34)19-29(39)40(38)32(44)35-17-23-6-4-3-5-7-23/h2-13,16,21,28-29H,1,14-15,17-20H2,(H,35,44)(H,36,41)/t28-,29-/m0/s1. The van der Waals surface area contributed by atoms with E-state index in [-0.39, 0.29) is 50.6 Å². The number of anilines is 1. The summed E-state index contributed by atoms with van der Waals surface area (Å²) in [5.41, 5.74) is 2.23. The van der Waals surface area contributed by atoms with Gasteiger partial charge in [-0.3, -0.25) is 14.4 Å². The number of nitrogens with zero attached hydrogens (tertiary/aromatic N) is 4. The van der Waals surface area contributed by atoms with Crippen LogP contribution in [0, 0.1) is 11.6 Å². The molecule has 2 atom stereocenters. The molecule has 2 saturated heterocycles. The number of urea groups is 1. The number of benzene rings is 3. The second-order valence-corrected chi connectivity index (χ2v) is 10.5.